The van der Waals surface area contributed by atoms with Crippen LogP contribution in [0.3, 0.4) is 0 Å². The number of carboxylic acids is 1. The van der Waals surface area contributed by atoms with Crippen LogP contribution >= 0.6 is 0 Å². The maximum Gasteiger partial charge on any atom is 0.304 e. The predicted octanol–water partition coefficient (Wildman–Crippen LogP) is 3.63. The number of anilines is 2. The molecule has 1 saturated heterocycles. The molecule has 0 aliphatic carbocycles. The van der Waals surface area contributed by atoms with Gasteiger partial charge in [0.1, 0.15) is 5.75 Å². The smallest absolute Gasteiger partial charge is 0.304 e. The largest absolute Gasteiger partial charge is 0.492 e. The molecule has 2 aromatic rings. The van der Waals surface area contributed by atoms with Crippen LogP contribution in [-0.4, -0.2) is 42.2 Å². The molecule has 0 radical (unpaired) electrons. The second-order valence-corrected chi connectivity index (χ2v) is 7.26. The van der Waals surface area contributed by atoms with Crippen LogP contribution in [0.15, 0.2) is 48.5 Å². The van der Waals surface area contributed by atoms with Gasteiger partial charge in [0.05, 0.1) is 13.0 Å². The topological polar surface area (TPSA) is 61.8 Å². The van der Waals surface area contributed by atoms with E-state index in [0.717, 1.165) is 49.7 Å². The predicted molar refractivity (Wildman–Crippen MR) is 101 cm³/mol. The first-order valence-electron chi connectivity index (χ1n) is 9.18. The van der Waals surface area contributed by atoms with E-state index in [1.54, 1.807) is 0 Å². The normalized spacial score (nSPS) is 18.3. The molecule has 5 heteroatoms. The molecule has 0 aromatic heterocycles. The van der Waals surface area contributed by atoms with Crippen molar-refractivity contribution < 1.29 is 14.6 Å². The zero-order valence-electron chi connectivity index (χ0n) is 14.8. The molecule has 0 unspecified atom stereocenters. The number of carboxylic acid groups (broad SMARTS) is 1. The number of aliphatic carboxylic acids is 1. The quantitative estimate of drug-likeness (QED) is 0.860. The summed E-state index contributed by atoms with van der Waals surface area (Å²) >= 11 is 0. The summed E-state index contributed by atoms with van der Waals surface area (Å²) in [5, 5.41) is 12.3. The summed E-state index contributed by atoms with van der Waals surface area (Å²) < 4.78 is 5.99. The van der Waals surface area contributed by atoms with Crippen molar-refractivity contribution in [2.75, 3.05) is 31.6 Å². The molecule has 0 amide bonds. The molecule has 0 atom stereocenters. The summed E-state index contributed by atoms with van der Waals surface area (Å²) in [5.74, 6) is 0.263. The average Bonchev–Trinajstić information content (AvgIpc) is 3.00. The molecule has 26 heavy (non-hydrogen) atoms. The summed E-state index contributed by atoms with van der Waals surface area (Å²) in [5.41, 5.74) is 3.50. The van der Waals surface area contributed by atoms with Gasteiger partial charge in [-0.3, -0.25) is 4.79 Å². The lowest BCUT2D eigenvalue weighted by atomic mass is 9.74. The highest BCUT2D eigenvalue weighted by Gasteiger charge is 2.43. The highest BCUT2D eigenvalue weighted by Crippen LogP contribution is 2.46. The Morgan fingerprint density at radius 2 is 1.88 bits per heavy atom. The highest BCUT2D eigenvalue weighted by molar-refractivity contribution is 5.67. The fraction of sp³-hybridized carbons (Fsp3) is 0.381. The number of hydrogen-bond donors (Lipinski definition) is 2. The van der Waals surface area contributed by atoms with Crippen molar-refractivity contribution in [1.29, 1.82) is 0 Å². The SMILES string of the molecule is O=C(O)CCN1CCC2(CC1)COc1ccc(Nc3ccccc3)cc12. The third-order valence-electron chi connectivity index (χ3n) is 5.57. The number of carbonyl (C=O) groups is 1. The zero-order chi connectivity index (χ0) is 18.0. The Bertz CT molecular complexity index is 783. The van der Waals surface area contributed by atoms with Gasteiger partial charge >= 0.3 is 5.97 Å². The van der Waals surface area contributed by atoms with Crippen LogP contribution in [-0.2, 0) is 10.2 Å². The van der Waals surface area contributed by atoms with E-state index < -0.39 is 5.97 Å². The first-order valence-corrected chi connectivity index (χ1v) is 9.18. The first kappa shape index (κ1) is 16.9. The minimum atomic E-state index is -0.725. The molecule has 1 spiro atoms. The molecular formula is C21H24N2O3. The molecular weight excluding hydrogens is 328 g/mol. The van der Waals surface area contributed by atoms with Crippen molar-refractivity contribution in [3.8, 4) is 5.75 Å². The maximum absolute atomic E-state index is 10.8. The third-order valence-corrected chi connectivity index (χ3v) is 5.57. The van der Waals surface area contributed by atoms with E-state index in [-0.39, 0.29) is 11.8 Å². The fourth-order valence-electron chi connectivity index (χ4n) is 4.00. The van der Waals surface area contributed by atoms with Gasteiger partial charge in [0.25, 0.3) is 0 Å². The number of nitrogens with zero attached hydrogens (tertiary/aromatic N) is 1. The van der Waals surface area contributed by atoms with E-state index in [4.69, 9.17) is 9.84 Å². The lowest BCUT2D eigenvalue weighted by Crippen LogP contribution is -2.44. The van der Waals surface area contributed by atoms with E-state index in [2.05, 4.69) is 40.5 Å². The van der Waals surface area contributed by atoms with Gasteiger partial charge < -0.3 is 20.1 Å². The Labute approximate surface area is 153 Å². The second kappa shape index (κ2) is 7.00. The Morgan fingerprint density at radius 3 is 2.62 bits per heavy atom. The van der Waals surface area contributed by atoms with Gasteiger partial charge in [-0.25, -0.2) is 0 Å². The number of para-hydroxylation sites is 1. The Hall–Kier alpha value is -2.53. The van der Waals surface area contributed by atoms with Gasteiger partial charge in [-0.1, -0.05) is 18.2 Å². The van der Waals surface area contributed by atoms with E-state index in [1.807, 2.05) is 18.2 Å². The summed E-state index contributed by atoms with van der Waals surface area (Å²) in [6.07, 6.45) is 2.23. The van der Waals surface area contributed by atoms with Gasteiger partial charge in [-0.2, -0.15) is 0 Å². The van der Waals surface area contributed by atoms with Crippen molar-refractivity contribution >= 4 is 17.3 Å². The van der Waals surface area contributed by atoms with Crippen molar-refractivity contribution in [3.63, 3.8) is 0 Å². The number of piperidine rings is 1. The van der Waals surface area contributed by atoms with Gasteiger partial charge in [0.2, 0.25) is 0 Å². The Balaban J connectivity index is 1.48. The van der Waals surface area contributed by atoms with Gasteiger partial charge in [-0.15, -0.1) is 0 Å². The van der Waals surface area contributed by atoms with Gasteiger partial charge in [-0.05, 0) is 56.3 Å². The number of hydrogen-bond acceptors (Lipinski definition) is 4. The first-order chi connectivity index (χ1) is 12.6. The second-order valence-electron chi connectivity index (χ2n) is 7.26. The minimum Gasteiger partial charge on any atom is -0.492 e. The van der Waals surface area contributed by atoms with Crippen LogP contribution in [0.4, 0.5) is 11.4 Å². The van der Waals surface area contributed by atoms with Crippen molar-refractivity contribution in [3.05, 3.63) is 54.1 Å². The molecule has 0 saturated carbocycles. The highest BCUT2D eigenvalue weighted by atomic mass is 16.5. The molecule has 2 aliphatic heterocycles. The summed E-state index contributed by atoms with van der Waals surface area (Å²) in [4.78, 5) is 13.0. The molecule has 2 aromatic carbocycles. The van der Waals surface area contributed by atoms with Crippen LogP contribution in [0.2, 0.25) is 0 Å². The minimum absolute atomic E-state index is 0.0590. The van der Waals surface area contributed by atoms with Crippen molar-refractivity contribution in [2.45, 2.75) is 24.7 Å². The maximum atomic E-state index is 10.8. The standard InChI is InChI=1S/C21H24N2O3/c24-20(25)8-11-23-12-9-21(10-13-23)15-26-19-7-6-17(14-18(19)21)22-16-4-2-1-3-5-16/h1-7,14,22H,8-13,15H2,(H,24,25). The van der Waals surface area contributed by atoms with E-state index in [9.17, 15) is 4.79 Å². The van der Waals surface area contributed by atoms with Crippen LogP contribution in [0.5, 0.6) is 5.75 Å². The van der Waals surface area contributed by atoms with E-state index in [1.165, 1.54) is 5.56 Å². The molecule has 5 nitrogen and oxygen atoms in total. The molecule has 2 N–H and O–H groups in total. The monoisotopic (exact) mass is 352 g/mol. The number of rotatable bonds is 5. The van der Waals surface area contributed by atoms with Crippen LogP contribution in [0.1, 0.15) is 24.8 Å². The fourth-order valence-corrected chi connectivity index (χ4v) is 4.00. The number of ether oxygens (including phenoxy) is 1. The van der Waals surface area contributed by atoms with Crippen molar-refractivity contribution in [2.24, 2.45) is 0 Å². The van der Waals surface area contributed by atoms with Crippen LogP contribution in [0.25, 0.3) is 0 Å². The van der Waals surface area contributed by atoms with Crippen molar-refractivity contribution in [1.82, 2.24) is 4.90 Å². The molecule has 4 rings (SSSR count). The molecule has 2 heterocycles. The summed E-state index contributed by atoms with van der Waals surface area (Å²) in [6.45, 7) is 3.21. The van der Waals surface area contributed by atoms with E-state index in [0.29, 0.717) is 6.54 Å². The number of benzene rings is 2. The lowest BCUT2D eigenvalue weighted by Gasteiger charge is -2.38. The molecule has 2 aliphatic rings. The van der Waals surface area contributed by atoms with E-state index >= 15 is 0 Å². The molecule has 136 valence electrons. The molecule has 1 fully saturated rings. The van der Waals surface area contributed by atoms with Gasteiger partial charge in [0.15, 0.2) is 0 Å². The Morgan fingerprint density at radius 1 is 1.12 bits per heavy atom. The Kier molecular flexibility index (Phi) is 4.55. The average molecular weight is 352 g/mol. The molecule has 0 bridgehead atoms. The zero-order valence-corrected chi connectivity index (χ0v) is 14.8. The summed E-state index contributed by atoms with van der Waals surface area (Å²) in [6, 6.07) is 16.5. The van der Waals surface area contributed by atoms with Crippen LogP contribution in [0, 0.1) is 0 Å². The number of fused-ring (bicyclic) bond motifs is 2. The summed E-state index contributed by atoms with van der Waals surface area (Å²) in [7, 11) is 0. The van der Waals surface area contributed by atoms with Crippen LogP contribution < -0.4 is 10.1 Å². The third kappa shape index (κ3) is 3.40. The lowest BCUT2D eigenvalue weighted by molar-refractivity contribution is -0.137. The number of likely N-dealkylation sites (tertiary alicyclic amines) is 1. The van der Waals surface area contributed by atoms with Gasteiger partial charge in [0, 0.05) is 28.9 Å². The number of nitrogens with one attached hydrogen (secondary N) is 1.